The third-order valence-corrected chi connectivity index (χ3v) is 10.7. The fourth-order valence-corrected chi connectivity index (χ4v) is 7.09. The third kappa shape index (κ3) is 9.20. The molecule has 1 aromatic heterocycles. The molecule has 13 heteroatoms. The number of urea groups is 1. The highest BCUT2D eigenvalue weighted by Gasteiger charge is 2.32. The molecule has 12 nitrogen and oxygen atoms in total. The minimum atomic E-state index is -1.60. The number of nitriles is 1. The van der Waals surface area contributed by atoms with Gasteiger partial charge in [0, 0.05) is 56.3 Å². The second kappa shape index (κ2) is 17.9. The average Bonchev–Trinajstić information content (AvgIpc) is 3.22. The molecule has 0 bridgehead atoms. The van der Waals surface area contributed by atoms with E-state index in [9.17, 15) is 25.1 Å². The Kier molecular flexibility index (Phi) is 12.8. The largest absolute Gasteiger partial charge is 0.488 e. The van der Waals surface area contributed by atoms with Gasteiger partial charge in [-0.2, -0.15) is 5.26 Å². The van der Waals surface area contributed by atoms with Crippen molar-refractivity contribution in [2.24, 2.45) is 0 Å². The summed E-state index contributed by atoms with van der Waals surface area (Å²) in [4.78, 5) is 28.0. The first kappa shape index (κ1) is 40.7. The number of hydrogen-bond donors (Lipinski definition) is 6. The molecule has 0 spiro atoms. The summed E-state index contributed by atoms with van der Waals surface area (Å²) in [5.74, 6) is -0.468. The molecule has 6 N–H and O–H groups in total. The van der Waals surface area contributed by atoms with E-state index in [2.05, 4.69) is 88.6 Å². The van der Waals surface area contributed by atoms with Crippen LogP contribution in [0.3, 0.4) is 0 Å². The molecule has 0 saturated heterocycles. The van der Waals surface area contributed by atoms with Gasteiger partial charge >= 0.3 is 12.0 Å². The maximum absolute atomic E-state index is 12.1. The smallest absolute Gasteiger partial charge is 0.326 e. The Bertz CT molecular complexity index is 2350. The molecule has 0 saturated carbocycles. The van der Waals surface area contributed by atoms with E-state index in [1.807, 2.05) is 12.1 Å². The minimum Gasteiger partial charge on any atom is -0.488 e. The number of rotatable bonds is 14. The Labute approximate surface area is 336 Å². The van der Waals surface area contributed by atoms with Crippen molar-refractivity contribution in [3.05, 3.63) is 135 Å². The van der Waals surface area contributed by atoms with E-state index in [0.29, 0.717) is 46.3 Å². The first-order chi connectivity index (χ1) is 27.4. The summed E-state index contributed by atoms with van der Waals surface area (Å²) in [7, 11) is 1.61. The fourth-order valence-electron chi connectivity index (χ4n) is 6.85. The number of aliphatic hydroxyl groups excluding tert-OH is 1. The van der Waals surface area contributed by atoms with Crippen molar-refractivity contribution < 1.29 is 29.3 Å². The van der Waals surface area contributed by atoms with Crippen LogP contribution in [-0.2, 0) is 31.1 Å². The average molecular weight is 789 g/mol. The summed E-state index contributed by atoms with van der Waals surface area (Å²) in [6, 6.07) is 25.6. The summed E-state index contributed by atoms with van der Waals surface area (Å²) >= 11 is 6.77. The molecular weight excluding hydrogens is 744 g/mol. The van der Waals surface area contributed by atoms with Gasteiger partial charge in [0.25, 0.3) is 0 Å². The Morgan fingerprint density at radius 2 is 1.70 bits per heavy atom. The highest BCUT2D eigenvalue weighted by Crippen LogP contribution is 2.38. The third-order valence-electron chi connectivity index (χ3n) is 10.4. The van der Waals surface area contributed by atoms with Crippen LogP contribution < -0.4 is 30.7 Å². The van der Waals surface area contributed by atoms with E-state index in [0.717, 1.165) is 50.1 Å². The van der Waals surface area contributed by atoms with Gasteiger partial charge in [-0.15, -0.1) is 0 Å². The van der Waals surface area contributed by atoms with E-state index < -0.39 is 18.1 Å². The quantitative estimate of drug-likeness (QED) is 0.0709. The van der Waals surface area contributed by atoms with E-state index in [4.69, 9.17) is 21.1 Å². The molecule has 57 heavy (non-hydrogen) atoms. The number of carboxylic acid groups (broad SMARTS) is 1. The molecule has 294 valence electrons. The van der Waals surface area contributed by atoms with Crippen molar-refractivity contribution in [1.82, 2.24) is 26.3 Å². The van der Waals surface area contributed by atoms with Crippen LogP contribution in [0.4, 0.5) is 4.79 Å². The number of aliphatic carboxylic acids is 1. The highest BCUT2D eigenvalue weighted by atomic mass is 35.5. The number of pyridine rings is 1. The highest BCUT2D eigenvalue weighted by molar-refractivity contribution is 6.32. The molecule has 4 aromatic carbocycles. The molecule has 1 aliphatic rings. The number of aromatic nitrogens is 1. The van der Waals surface area contributed by atoms with Gasteiger partial charge in [0.15, 0.2) is 0 Å². The fraction of sp³-hybridized carbons (Fsp3) is 0.273. The van der Waals surface area contributed by atoms with Gasteiger partial charge in [0.05, 0.1) is 23.2 Å². The van der Waals surface area contributed by atoms with E-state index >= 15 is 0 Å². The summed E-state index contributed by atoms with van der Waals surface area (Å²) in [5, 5.41) is 41.0. The zero-order chi connectivity index (χ0) is 40.7. The van der Waals surface area contributed by atoms with Gasteiger partial charge in [0.2, 0.25) is 0 Å². The van der Waals surface area contributed by atoms with Crippen LogP contribution in [0.5, 0.6) is 11.5 Å². The number of carbonyl (C=O) groups is 2. The lowest BCUT2D eigenvalue weighted by atomic mass is 9.87. The van der Waals surface area contributed by atoms with Crippen LogP contribution in [0.2, 0.25) is 5.02 Å². The molecule has 2 amide bonds. The van der Waals surface area contributed by atoms with Crippen molar-refractivity contribution in [2.45, 2.75) is 58.7 Å². The molecule has 5 aromatic rings. The topological polar surface area (TPSA) is 178 Å². The number of amides is 2. The maximum Gasteiger partial charge on any atom is 0.326 e. The van der Waals surface area contributed by atoms with E-state index in [-0.39, 0.29) is 31.8 Å². The van der Waals surface area contributed by atoms with Gasteiger partial charge in [-0.05, 0) is 89.0 Å². The summed E-state index contributed by atoms with van der Waals surface area (Å²) in [5.41, 5.74) is 9.75. The Hall–Kier alpha value is -5.97. The summed E-state index contributed by atoms with van der Waals surface area (Å²) in [6.45, 7) is 6.63. The van der Waals surface area contributed by atoms with Crippen molar-refractivity contribution in [3.8, 4) is 39.8 Å². The molecule has 1 unspecified atom stereocenters. The van der Waals surface area contributed by atoms with Crippen LogP contribution in [0.25, 0.3) is 22.3 Å². The van der Waals surface area contributed by atoms with Crippen LogP contribution in [-0.4, -0.2) is 52.9 Å². The first-order valence-corrected chi connectivity index (χ1v) is 18.8. The number of carbonyl (C=O) groups excluding carboxylic acids is 1. The van der Waals surface area contributed by atoms with Crippen molar-refractivity contribution in [1.29, 1.82) is 5.26 Å². The van der Waals surface area contributed by atoms with E-state index in [1.165, 1.54) is 13.1 Å². The number of benzene rings is 4. The zero-order valence-electron chi connectivity index (χ0n) is 32.2. The number of nitrogens with one attached hydrogen (secondary N) is 4. The van der Waals surface area contributed by atoms with Gasteiger partial charge in [0.1, 0.15) is 36.3 Å². The Balaban J connectivity index is 1.25. The predicted molar refractivity (Wildman–Crippen MR) is 218 cm³/mol. The van der Waals surface area contributed by atoms with Crippen LogP contribution in [0.1, 0.15) is 57.5 Å². The number of fused-ring (bicyclic) bond motifs is 1. The number of hydrogen-bond acceptors (Lipinski definition) is 9. The van der Waals surface area contributed by atoms with Gasteiger partial charge in [-0.25, -0.2) is 4.79 Å². The lowest BCUT2D eigenvalue weighted by Gasteiger charge is -2.28. The Morgan fingerprint density at radius 3 is 2.44 bits per heavy atom. The number of carboxylic acids is 1. The van der Waals surface area contributed by atoms with Crippen molar-refractivity contribution in [3.63, 3.8) is 0 Å². The van der Waals surface area contributed by atoms with Crippen molar-refractivity contribution in [2.75, 3.05) is 20.2 Å². The van der Waals surface area contributed by atoms with Crippen LogP contribution in [0, 0.1) is 25.2 Å². The molecule has 0 fully saturated rings. The minimum absolute atomic E-state index is 0.0203. The molecular formula is C44H45ClN6O6. The van der Waals surface area contributed by atoms with Crippen molar-refractivity contribution >= 4 is 23.6 Å². The lowest BCUT2D eigenvalue weighted by molar-refractivity contribution is -0.145. The second-order valence-corrected chi connectivity index (χ2v) is 14.6. The standard InChI is InChI=1S/C44H45ClN6O6/c1-26-31(7-5-9-35(26)36-10-6-8-34(27(36)2)30-11-12-37-32(14-30)20-49-22-39(37)51-43(55)47-4)24-57-41-16-40(56-23-29-13-28(17-46)18-48-19-29)33(15-38(41)45)21-50-44(3,25-52)42(53)54/h5-16,18-19,39,49-50,52H,20-25H2,1-4H3,(H,53,54)(H2,47,51,55)/t39?,44-/m0/s1. The number of halogens is 1. The van der Waals surface area contributed by atoms with Gasteiger partial charge in [-0.1, -0.05) is 60.1 Å². The predicted octanol–water partition coefficient (Wildman–Crippen LogP) is 6.71. The Morgan fingerprint density at radius 1 is 0.965 bits per heavy atom. The molecule has 2 atom stereocenters. The van der Waals surface area contributed by atoms with Gasteiger partial charge < -0.3 is 35.6 Å². The first-order valence-electron chi connectivity index (χ1n) is 18.5. The van der Waals surface area contributed by atoms with E-state index in [1.54, 1.807) is 31.4 Å². The molecule has 0 aliphatic carbocycles. The molecule has 6 rings (SSSR count). The van der Waals surface area contributed by atoms with Crippen LogP contribution in [0.15, 0.2) is 85.2 Å². The normalized spacial score (nSPS) is 14.4. The lowest BCUT2D eigenvalue weighted by Crippen LogP contribution is -2.52. The van der Waals surface area contributed by atoms with Gasteiger partial charge in [-0.3, -0.25) is 15.1 Å². The zero-order valence-corrected chi connectivity index (χ0v) is 33.0. The molecule has 2 heterocycles. The van der Waals surface area contributed by atoms with Crippen LogP contribution >= 0.6 is 11.6 Å². The summed E-state index contributed by atoms with van der Waals surface area (Å²) < 4.78 is 12.5. The monoisotopic (exact) mass is 788 g/mol. The molecule has 1 aliphatic heterocycles. The summed E-state index contributed by atoms with van der Waals surface area (Å²) in [6.07, 6.45) is 3.06. The number of nitrogens with zero attached hydrogens (tertiary/aromatic N) is 2. The molecule has 0 radical (unpaired) electrons. The number of ether oxygens (including phenoxy) is 2. The second-order valence-electron chi connectivity index (χ2n) is 14.2. The number of aliphatic hydroxyl groups is 1. The maximum atomic E-state index is 12.1. The SMILES string of the molecule is CNC(=O)NC1CNCc2cc(-c3cccc(-c4cccc(COc5cc(OCc6cncc(C#N)c6)c(CN[C@@](C)(CO)C(=O)O)cc5Cl)c4C)c3C)ccc21.